The molecule has 2 fully saturated rings. The number of methoxy groups -OCH3 is 1. The Morgan fingerprint density at radius 2 is 2.19 bits per heavy atom. The summed E-state index contributed by atoms with van der Waals surface area (Å²) in [7, 11) is 3.47. The van der Waals surface area contributed by atoms with Gasteiger partial charge in [-0.1, -0.05) is 6.42 Å². The highest BCUT2D eigenvalue weighted by Crippen LogP contribution is 2.48. The number of carbonyl (C=O) groups excluding carboxylic acids is 1. The summed E-state index contributed by atoms with van der Waals surface area (Å²) in [5.41, 5.74) is 8.29. The van der Waals surface area contributed by atoms with E-state index in [0.717, 1.165) is 30.0 Å². The van der Waals surface area contributed by atoms with E-state index in [9.17, 15) is 4.79 Å². The third-order valence-corrected chi connectivity index (χ3v) is 5.26. The molecular formula is C17H24N2O2. The maximum atomic E-state index is 11.7. The van der Waals surface area contributed by atoms with Crippen LogP contribution in [0.1, 0.15) is 36.0 Å². The predicted molar refractivity (Wildman–Crippen MR) is 84.4 cm³/mol. The van der Waals surface area contributed by atoms with E-state index in [2.05, 4.69) is 11.9 Å². The van der Waals surface area contributed by atoms with Crippen LogP contribution in [0.5, 0.6) is 0 Å². The summed E-state index contributed by atoms with van der Waals surface area (Å²) in [6, 6.07) is 5.35. The molecular weight excluding hydrogens is 264 g/mol. The largest absolute Gasteiger partial charge is 0.465 e. The summed E-state index contributed by atoms with van der Waals surface area (Å²) in [4.78, 5) is 13.9. The van der Waals surface area contributed by atoms with Gasteiger partial charge >= 0.3 is 5.97 Å². The van der Waals surface area contributed by atoms with Crippen LogP contribution in [0, 0.1) is 17.8 Å². The molecule has 2 aliphatic carbocycles. The van der Waals surface area contributed by atoms with Crippen molar-refractivity contribution in [1.29, 1.82) is 0 Å². The molecule has 1 aromatic carbocycles. The van der Waals surface area contributed by atoms with Crippen molar-refractivity contribution in [2.75, 3.05) is 31.3 Å². The first-order chi connectivity index (χ1) is 10.1. The summed E-state index contributed by atoms with van der Waals surface area (Å²) >= 11 is 0. The minimum absolute atomic E-state index is 0.315. The Hall–Kier alpha value is -1.71. The minimum Gasteiger partial charge on any atom is -0.465 e. The van der Waals surface area contributed by atoms with Crippen LogP contribution in [-0.4, -0.2) is 26.7 Å². The third kappa shape index (κ3) is 2.71. The van der Waals surface area contributed by atoms with E-state index in [-0.39, 0.29) is 5.97 Å². The molecule has 0 spiro atoms. The number of nitrogen functional groups attached to an aromatic ring is 1. The molecule has 4 heteroatoms. The number of nitrogens with two attached hydrogens (primary N) is 1. The summed E-state index contributed by atoms with van der Waals surface area (Å²) in [6.45, 7) is 1.02. The summed E-state index contributed by atoms with van der Waals surface area (Å²) in [5, 5.41) is 0. The number of carbonyl (C=O) groups is 1. The summed E-state index contributed by atoms with van der Waals surface area (Å²) in [5.74, 6) is 2.30. The second kappa shape index (κ2) is 5.58. The van der Waals surface area contributed by atoms with E-state index < -0.39 is 0 Å². The quantitative estimate of drug-likeness (QED) is 0.683. The van der Waals surface area contributed by atoms with Crippen molar-refractivity contribution in [2.45, 2.75) is 25.7 Å². The van der Waals surface area contributed by atoms with Gasteiger partial charge < -0.3 is 15.4 Å². The number of benzene rings is 1. The van der Waals surface area contributed by atoms with E-state index in [1.807, 2.05) is 6.07 Å². The fraction of sp³-hybridized carbons (Fsp3) is 0.588. The van der Waals surface area contributed by atoms with Gasteiger partial charge in [0.1, 0.15) is 0 Å². The molecule has 0 saturated heterocycles. The first kappa shape index (κ1) is 14.2. The van der Waals surface area contributed by atoms with E-state index >= 15 is 0 Å². The maximum absolute atomic E-state index is 11.7. The SMILES string of the molecule is COC(=O)c1ccc(N)c(N(C)CC2CC3CCC2C3)c1. The fourth-order valence-electron chi connectivity index (χ4n) is 4.17. The Morgan fingerprint density at radius 3 is 2.81 bits per heavy atom. The number of nitrogens with zero attached hydrogens (tertiary/aromatic N) is 1. The third-order valence-electron chi connectivity index (χ3n) is 5.26. The molecule has 0 aromatic heterocycles. The first-order valence-electron chi connectivity index (χ1n) is 7.77. The molecule has 0 heterocycles. The van der Waals surface area contributed by atoms with Crippen LogP contribution in [0.3, 0.4) is 0 Å². The van der Waals surface area contributed by atoms with Gasteiger partial charge in [-0.3, -0.25) is 0 Å². The topological polar surface area (TPSA) is 55.6 Å². The predicted octanol–water partition coefficient (Wildman–Crippen LogP) is 2.93. The molecule has 114 valence electrons. The highest BCUT2D eigenvalue weighted by Gasteiger charge is 2.39. The molecule has 21 heavy (non-hydrogen) atoms. The molecule has 2 aliphatic rings. The van der Waals surface area contributed by atoms with Gasteiger partial charge in [0.15, 0.2) is 0 Å². The standard InChI is InChI=1S/C17H24N2O2/c1-19(10-14-8-11-3-4-12(14)7-11)16-9-13(17(20)21-2)5-6-15(16)18/h5-6,9,11-12,14H,3-4,7-8,10,18H2,1-2H3. The van der Waals surface area contributed by atoms with Crippen molar-refractivity contribution in [3.8, 4) is 0 Å². The van der Waals surface area contributed by atoms with E-state index in [1.165, 1.54) is 32.8 Å². The number of rotatable bonds is 4. The van der Waals surface area contributed by atoms with Crippen LogP contribution >= 0.6 is 0 Å². The lowest BCUT2D eigenvalue weighted by Gasteiger charge is -2.29. The molecule has 3 atom stereocenters. The second-order valence-electron chi connectivity index (χ2n) is 6.58. The molecule has 4 nitrogen and oxygen atoms in total. The van der Waals surface area contributed by atoms with E-state index in [0.29, 0.717) is 11.3 Å². The van der Waals surface area contributed by atoms with Crippen LogP contribution in [0.4, 0.5) is 11.4 Å². The van der Waals surface area contributed by atoms with Gasteiger partial charge in [0.2, 0.25) is 0 Å². The van der Waals surface area contributed by atoms with Crippen LogP contribution in [0.2, 0.25) is 0 Å². The molecule has 3 rings (SSSR count). The fourth-order valence-corrected chi connectivity index (χ4v) is 4.17. The lowest BCUT2D eigenvalue weighted by Crippen LogP contribution is -2.29. The number of hydrogen-bond donors (Lipinski definition) is 1. The molecule has 0 aliphatic heterocycles. The van der Waals surface area contributed by atoms with Gasteiger partial charge in [-0.05, 0) is 55.2 Å². The molecule has 3 unspecified atom stereocenters. The normalized spacial score (nSPS) is 26.9. The Labute approximate surface area is 126 Å². The second-order valence-corrected chi connectivity index (χ2v) is 6.58. The van der Waals surface area contributed by atoms with Gasteiger partial charge in [0.25, 0.3) is 0 Å². The van der Waals surface area contributed by atoms with Crippen LogP contribution in [0.25, 0.3) is 0 Å². The van der Waals surface area contributed by atoms with Crippen LogP contribution < -0.4 is 10.6 Å². The molecule has 2 saturated carbocycles. The Balaban J connectivity index is 1.74. The average Bonchev–Trinajstić information content (AvgIpc) is 3.09. The minimum atomic E-state index is -0.315. The number of esters is 1. The highest BCUT2D eigenvalue weighted by molar-refractivity contribution is 5.92. The first-order valence-corrected chi connectivity index (χ1v) is 7.77. The monoisotopic (exact) mass is 288 g/mol. The average molecular weight is 288 g/mol. The Morgan fingerprint density at radius 1 is 1.38 bits per heavy atom. The zero-order valence-electron chi connectivity index (χ0n) is 12.8. The molecule has 2 bridgehead atoms. The van der Waals surface area contributed by atoms with Gasteiger partial charge in [-0.15, -0.1) is 0 Å². The van der Waals surface area contributed by atoms with Gasteiger partial charge in [0, 0.05) is 13.6 Å². The van der Waals surface area contributed by atoms with Gasteiger partial charge in [-0.2, -0.15) is 0 Å². The smallest absolute Gasteiger partial charge is 0.337 e. The number of fused-ring (bicyclic) bond motifs is 2. The molecule has 2 N–H and O–H groups in total. The number of anilines is 2. The summed E-state index contributed by atoms with van der Waals surface area (Å²) in [6.07, 6.45) is 5.58. The lowest BCUT2D eigenvalue weighted by atomic mass is 9.88. The van der Waals surface area contributed by atoms with Gasteiger partial charge in [0.05, 0.1) is 24.0 Å². The number of ether oxygens (including phenoxy) is 1. The zero-order chi connectivity index (χ0) is 15.0. The van der Waals surface area contributed by atoms with Crippen molar-refractivity contribution in [3.63, 3.8) is 0 Å². The van der Waals surface area contributed by atoms with Crippen molar-refractivity contribution >= 4 is 17.3 Å². The lowest BCUT2D eigenvalue weighted by molar-refractivity contribution is 0.0601. The van der Waals surface area contributed by atoms with Crippen LogP contribution in [-0.2, 0) is 4.74 Å². The highest BCUT2D eigenvalue weighted by atomic mass is 16.5. The van der Waals surface area contributed by atoms with E-state index in [1.54, 1.807) is 12.1 Å². The van der Waals surface area contributed by atoms with Crippen molar-refractivity contribution in [2.24, 2.45) is 17.8 Å². The molecule has 0 radical (unpaired) electrons. The maximum Gasteiger partial charge on any atom is 0.337 e. The molecule has 0 amide bonds. The number of hydrogen-bond acceptors (Lipinski definition) is 4. The Bertz CT molecular complexity index is 544. The van der Waals surface area contributed by atoms with Crippen molar-refractivity contribution in [1.82, 2.24) is 0 Å². The van der Waals surface area contributed by atoms with Crippen LogP contribution in [0.15, 0.2) is 18.2 Å². The molecule has 1 aromatic rings. The van der Waals surface area contributed by atoms with Crippen molar-refractivity contribution in [3.05, 3.63) is 23.8 Å². The summed E-state index contributed by atoms with van der Waals surface area (Å²) < 4.78 is 4.79. The van der Waals surface area contributed by atoms with E-state index in [4.69, 9.17) is 10.5 Å². The Kier molecular flexibility index (Phi) is 3.79. The van der Waals surface area contributed by atoms with Gasteiger partial charge in [-0.25, -0.2) is 4.79 Å². The van der Waals surface area contributed by atoms with Crippen molar-refractivity contribution < 1.29 is 9.53 Å². The zero-order valence-corrected chi connectivity index (χ0v) is 12.8.